The molecule has 0 aliphatic rings. The van der Waals surface area contributed by atoms with Crippen LogP contribution >= 0.6 is 23.2 Å². The third-order valence-corrected chi connectivity index (χ3v) is 2.20. The van der Waals surface area contributed by atoms with Crippen molar-refractivity contribution in [1.82, 2.24) is 20.0 Å². The average molecular weight is 229 g/mol. The molecule has 72 valence electrons. The fourth-order valence-corrected chi connectivity index (χ4v) is 1.46. The van der Waals surface area contributed by atoms with E-state index in [0.29, 0.717) is 10.3 Å². The van der Waals surface area contributed by atoms with Gasteiger partial charge in [0.1, 0.15) is 0 Å². The van der Waals surface area contributed by atoms with Crippen LogP contribution in [0.5, 0.6) is 0 Å². The normalized spacial score (nSPS) is 10.5. The highest BCUT2D eigenvalue weighted by molar-refractivity contribution is 6.33. The van der Waals surface area contributed by atoms with E-state index in [1.54, 1.807) is 16.9 Å². The van der Waals surface area contributed by atoms with E-state index in [4.69, 9.17) is 23.2 Å². The van der Waals surface area contributed by atoms with Gasteiger partial charge >= 0.3 is 0 Å². The number of hydrogen-bond acceptors (Lipinski definition) is 3. The van der Waals surface area contributed by atoms with Gasteiger partial charge in [-0.05, 0) is 6.07 Å². The fraction of sp³-hybridized carbons (Fsp3) is 0.125. The predicted molar refractivity (Wildman–Crippen MR) is 54.3 cm³/mol. The van der Waals surface area contributed by atoms with Crippen LogP contribution in [-0.2, 0) is 7.05 Å². The first-order valence-corrected chi connectivity index (χ1v) is 4.60. The Hall–Kier alpha value is -1.13. The maximum absolute atomic E-state index is 5.87. The summed E-state index contributed by atoms with van der Waals surface area (Å²) in [5.74, 6) is 0. The second-order valence-electron chi connectivity index (χ2n) is 2.77. The fourth-order valence-electron chi connectivity index (χ4n) is 1.12. The van der Waals surface area contributed by atoms with Crippen molar-refractivity contribution in [2.75, 3.05) is 0 Å². The van der Waals surface area contributed by atoms with Crippen LogP contribution in [0, 0.1) is 0 Å². The quantitative estimate of drug-likeness (QED) is 0.752. The standard InChI is InChI=1S/C8H6Cl2N4/c1-14-4-5(3-11-14)6-2-7(9)12-13-8(6)10/h2-4H,1H3. The third kappa shape index (κ3) is 1.71. The molecule has 0 N–H and O–H groups in total. The molecule has 0 unspecified atom stereocenters. The zero-order chi connectivity index (χ0) is 10.1. The van der Waals surface area contributed by atoms with Crippen molar-refractivity contribution in [2.45, 2.75) is 0 Å². The Balaban J connectivity index is 2.55. The van der Waals surface area contributed by atoms with E-state index in [0.717, 1.165) is 11.1 Å². The van der Waals surface area contributed by atoms with Crippen molar-refractivity contribution in [3.8, 4) is 11.1 Å². The van der Waals surface area contributed by atoms with Gasteiger partial charge in [0.15, 0.2) is 10.3 Å². The Kier molecular flexibility index (Phi) is 2.39. The molecule has 0 saturated heterocycles. The number of rotatable bonds is 1. The number of halogens is 2. The zero-order valence-electron chi connectivity index (χ0n) is 7.28. The first kappa shape index (κ1) is 9.43. The molecule has 0 radical (unpaired) electrons. The molecule has 6 heteroatoms. The van der Waals surface area contributed by atoms with E-state index < -0.39 is 0 Å². The molecule has 0 spiro atoms. The summed E-state index contributed by atoms with van der Waals surface area (Å²) in [6.07, 6.45) is 3.53. The van der Waals surface area contributed by atoms with Gasteiger partial charge in [0.05, 0.1) is 6.20 Å². The molecule has 0 fully saturated rings. The molecule has 14 heavy (non-hydrogen) atoms. The maximum atomic E-state index is 5.87. The number of hydrogen-bond donors (Lipinski definition) is 0. The molecule has 0 amide bonds. The third-order valence-electron chi connectivity index (χ3n) is 1.73. The molecule has 0 atom stereocenters. The molecule has 0 aliphatic heterocycles. The Bertz CT molecular complexity index is 466. The van der Waals surface area contributed by atoms with Crippen LogP contribution in [0.15, 0.2) is 18.5 Å². The first-order chi connectivity index (χ1) is 6.66. The largest absolute Gasteiger partial charge is 0.275 e. The summed E-state index contributed by atoms with van der Waals surface area (Å²) in [7, 11) is 1.83. The highest BCUT2D eigenvalue weighted by Crippen LogP contribution is 2.26. The summed E-state index contributed by atoms with van der Waals surface area (Å²) in [5.41, 5.74) is 1.61. The summed E-state index contributed by atoms with van der Waals surface area (Å²) in [6, 6.07) is 1.66. The molecular weight excluding hydrogens is 223 g/mol. The van der Waals surface area contributed by atoms with Crippen molar-refractivity contribution in [2.24, 2.45) is 7.05 Å². The lowest BCUT2D eigenvalue weighted by Gasteiger charge is -1.98. The van der Waals surface area contributed by atoms with Gasteiger partial charge in [-0.1, -0.05) is 23.2 Å². The second kappa shape index (κ2) is 3.55. The van der Waals surface area contributed by atoms with Crippen LogP contribution in [0.4, 0.5) is 0 Å². The summed E-state index contributed by atoms with van der Waals surface area (Å²) >= 11 is 11.6. The summed E-state index contributed by atoms with van der Waals surface area (Å²) < 4.78 is 1.68. The highest BCUT2D eigenvalue weighted by atomic mass is 35.5. The van der Waals surface area contributed by atoms with Gasteiger partial charge in [0.2, 0.25) is 0 Å². The first-order valence-electron chi connectivity index (χ1n) is 3.84. The van der Waals surface area contributed by atoms with Crippen LogP contribution in [0.3, 0.4) is 0 Å². The Morgan fingerprint density at radius 3 is 2.71 bits per heavy atom. The van der Waals surface area contributed by atoms with Crippen LogP contribution in [0.2, 0.25) is 10.3 Å². The van der Waals surface area contributed by atoms with Crippen LogP contribution < -0.4 is 0 Å². The van der Waals surface area contributed by atoms with Crippen molar-refractivity contribution in [3.05, 3.63) is 28.8 Å². The van der Waals surface area contributed by atoms with E-state index in [1.807, 2.05) is 13.2 Å². The van der Waals surface area contributed by atoms with Crippen molar-refractivity contribution in [1.29, 1.82) is 0 Å². The SMILES string of the molecule is Cn1cc(-c2cc(Cl)nnc2Cl)cn1. The summed E-state index contributed by atoms with van der Waals surface area (Å²) in [6.45, 7) is 0. The topological polar surface area (TPSA) is 43.6 Å². The van der Waals surface area contributed by atoms with Gasteiger partial charge in [0, 0.05) is 24.4 Å². The molecule has 2 aromatic heterocycles. The van der Waals surface area contributed by atoms with E-state index >= 15 is 0 Å². The second-order valence-corrected chi connectivity index (χ2v) is 3.52. The monoisotopic (exact) mass is 228 g/mol. The van der Waals surface area contributed by atoms with Gasteiger partial charge in [-0.15, -0.1) is 10.2 Å². The predicted octanol–water partition coefficient (Wildman–Crippen LogP) is 2.18. The van der Waals surface area contributed by atoms with Crippen molar-refractivity contribution < 1.29 is 0 Å². The van der Waals surface area contributed by atoms with Gasteiger partial charge < -0.3 is 0 Å². The van der Waals surface area contributed by atoms with Gasteiger partial charge in [-0.3, -0.25) is 4.68 Å². The van der Waals surface area contributed by atoms with Crippen molar-refractivity contribution >= 4 is 23.2 Å². The lowest BCUT2D eigenvalue weighted by atomic mass is 10.2. The minimum Gasteiger partial charge on any atom is -0.275 e. The zero-order valence-corrected chi connectivity index (χ0v) is 8.79. The number of aromatic nitrogens is 4. The van der Waals surface area contributed by atoms with E-state index in [1.165, 1.54) is 0 Å². The van der Waals surface area contributed by atoms with E-state index in [9.17, 15) is 0 Å². The van der Waals surface area contributed by atoms with Gasteiger partial charge in [-0.2, -0.15) is 5.10 Å². The Morgan fingerprint density at radius 1 is 1.29 bits per heavy atom. The molecule has 4 nitrogen and oxygen atoms in total. The van der Waals surface area contributed by atoms with Gasteiger partial charge in [0.25, 0.3) is 0 Å². The van der Waals surface area contributed by atoms with E-state index in [-0.39, 0.29) is 0 Å². The number of nitrogens with zero attached hydrogens (tertiary/aromatic N) is 4. The smallest absolute Gasteiger partial charge is 0.159 e. The molecule has 0 saturated carbocycles. The van der Waals surface area contributed by atoms with Crippen LogP contribution in [0.1, 0.15) is 0 Å². The molecule has 0 aromatic carbocycles. The van der Waals surface area contributed by atoms with Crippen LogP contribution in [-0.4, -0.2) is 20.0 Å². The molecule has 2 heterocycles. The lowest BCUT2D eigenvalue weighted by Crippen LogP contribution is -1.87. The number of aryl methyl sites for hydroxylation is 1. The molecule has 2 rings (SSSR count). The average Bonchev–Trinajstić information content (AvgIpc) is 2.56. The summed E-state index contributed by atoms with van der Waals surface area (Å²) in [5, 5.41) is 12.0. The van der Waals surface area contributed by atoms with Gasteiger partial charge in [-0.25, -0.2) is 0 Å². The van der Waals surface area contributed by atoms with Crippen molar-refractivity contribution in [3.63, 3.8) is 0 Å². The van der Waals surface area contributed by atoms with E-state index in [2.05, 4.69) is 15.3 Å². The highest BCUT2D eigenvalue weighted by Gasteiger charge is 2.08. The Labute approximate surface area is 90.5 Å². The molecule has 0 aliphatic carbocycles. The molecular formula is C8H6Cl2N4. The molecule has 0 bridgehead atoms. The van der Waals surface area contributed by atoms with Crippen LogP contribution in [0.25, 0.3) is 11.1 Å². The molecule has 2 aromatic rings. The minimum absolute atomic E-state index is 0.313. The maximum Gasteiger partial charge on any atom is 0.159 e. The lowest BCUT2D eigenvalue weighted by molar-refractivity contribution is 0.768. The summed E-state index contributed by atoms with van der Waals surface area (Å²) in [4.78, 5) is 0. The minimum atomic E-state index is 0.313. The Morgan fingerprint density at radius 2 is 2.07 bits per heavy atom.